The molecule has 0 saturated heterocycles. The van der Waals surface area contributed by atoms with Crippen molar-refractivity contribution in [2.45, 2.75) is 20.0 Å². The summed E-state index contributed by atoms with van der Waals surface area (Å²) in [6.07, 6.45) is -0.561. The molecule has 0 aliphatic carbocycles. The van der Waals surface area contributed by atoms with Gasteiger partial charge in [0.1, 0.15) is 5.75 Å². The van der Waals surface area contributed by atoms with Gasteiger partial charge in [-0.1, -0.05) is 24.8 Å². The van der Waals surface area contributed by atoms with Crippen LogP contribution in [0.4, 0.5) is 0 Å². The summed E-state index contributed by atoms with van der Waals surface area (Å²) in [5.41, 5.74) is 5.79. The van der Waals surface area contributed by atoms with Gasteiger partial charge in [-0.05, 0) is 26.0 Å². The summed E-state index contributed by atoms with van der Waals surface area (Å²) in [6.45, 7) is 7.04. The molecular formula is C12H16N2O2. The minimum atomic E-state index is -0.561. The number of rotatable bonds is 5. The standard InChI is InChI=1S/C12H16N2O2/c1-9(2)13-14-12(15)10(3)16-11-7-5-4-6-8-11/h4-8,10,13H,1H2,2-3H3,(H,14,15). The fourth-order valence-corrected chi connectivity index (χ4v) is 1.03. The molecule has 0 saturated carbocycles. The lowest BCUT2D eigenvalue weighted by Crippen LogP contribution is -2.43. The Labute approximate surface area is 95.3 Å². The lowest BCUT2D eigenvalue weighted by Gasteiger charge is -2.15. The van der Waals surface area contributed by atoms with Crippen LogP contribution in [-0.2, 0) is 4.79 Å². The summed E-state index contributed by atoms with van der Waals surface area (Å²) in [4.78, 5) is 11.5. The first-order valence-corrected chi connectivity index (χ1v) is 5.02. The molecule has 1 aromatic rings. The van der Waals surface area contributed by atoms with Gasteiger partial charge in [-0.15, -0.1) is 0 Å². The highest BCUT2D eigenvalue weighted by atomic mass is 16.5. The van der Waals surface area contributed by atoms with Crippen molar-refractivity contribution in [3.05, 3.63) is 42.6 Å². The maximum Gasteiger partial charge on any atom is 0.279 e. The van der Waals surface area contributed by atoms with Crippen molar-refractivity contribution in [2.75, 3.05) is 0 Å². The van der Waals surface area contributed by atoms with Crippen molar-refractivity contribution in [3.8, 4) is 5.75 Å². The van der Waals surface area contributed by atoms with Gasteiger partial charge in [0.15, 0.2) is 6.10 Å². The third kappa shape index (κ3) is 4.04. The van der Waals surface area contributed by atoms with Crippen molar-refractivity contribution in [2.24, 2.45) is 0 Å². The van der Waals surface area contributed by atoms with Gasteiger partial charge < -0.3 is 10.2 Å². The Morgan fingerprint density at radius 3 is 2.50 bits per heavy atom. The van der Waals surface area contributed by atoms with Crippen LogP contribution in [0, 0.1) is 0 Å². The van der Waals surface area contributed by atoms with Crippen LogP contribution in [0.1, 0.15) is 13.8 Å². The molecule has 86 valence electrons. The van der Waals surface area contributed by atoms with E-state index < -0.39 is 6.10 Å². The average Bonchev–Trinajstić information content (AvgIpc) is 2.27. The number of hydrogen-bond acceptors (Lipinski definition) is 3. The topological polar surface area (TPSA) is 50.4 Å². The molecule has 0 bridgehead atoms. The fourth-order valence-electron chi connectivity index (χ4n) is 1.03. The first kappa shape index (κ1) is 12.1. The zero-order chi connectivity index (χ0) is 12.0. The van der Waals surface area contributed by atoms with Gasteiger partial charge in [0.2, 0.25) is 0 Å². The third-order valence-corrected chi connectivity index (χ3v) is 1.82. The second kappa shape index (κ2) is 5.80. The number of para-hydroxylation sites is 1. The van der Waals surface area contributed by atoms with Gasteiger partial charge in [0, 0.05) is 5.70 Å². The molecule has 0 aromatic heterocycles. The number of ether oxygens (including phenoxy) is 1. The minimum Gasteiger partial charge on any atom is -0.481 e. The van der Waals surface area contributed by atoms with Crippen LogP contribution in [0.25, 0.3) is 0 Å². The van der Waals surface area contributed by atoms with E-state index in [9.17, 15) is 4.79 Å². The molecule has 1 aromatic carbocycles. The van der Waals surface area contributed by atoms with Gasteiger partial charge in [-0.25, -0.2) is 0 Å². The molecule has 0 radical (unpaired) electrons. The number of carbonyl (C=O) groups is 1. The summed E-state index contributed by atoms with van der Waals surface area (Å²) < 4.78 is 5.43. The highest BCUT2D eigenvalue weighted by Gasteiger charge is 2.13. The van der Waals surface area contributed by atoms with Crippen molar-refractivity contribution in [1.82, 2.24) is 10.9 Å². The van der Waals surface area contributed by atoms with Crippen LogP contribution in [0.5, 0.6) is 5.75 Å². The Morgan fingerprint density at radius 1 is 1.31 bits per heavy atom. The lowest BCUT2D eigenvalue weighted by molar-refractivity contribution is -0.128. The molecule has 0 aliphatic rings. The summed E-state index contributed by atoms with van der Waals surface area (Å²) in [5.74, 6) is 0.423. The Bertz CT molecular complexity index is 363. The molecule has 0 aliphatic heterocycles. The van der Waals surface area contributed by atoms with E-state index >= 15 is 0 Å². The Kier molecular flexibility index (Phi) is 4.39. The maximum absolute atomic E-state index is 11.5. The predicted octanol–water partition coefficient (Wildman–Crippen LogP) is 1.61. The number of carbonyl (C=O) groups excluding carboxylic acids is 1. The average molecular weight is 220 g/mol. The number of nitrogens with one attached hydrogen (secondary N) is 2. The minimum absolute atomic E-state index is 0.244. The smallest absolute Gasteiger partial charge is 0.279 e. The fraction of sp³-hybridized carbons (Fsp3) is 0.250. The summed E-state index contributed by atoms with van der Waals surface area (Å²) >= 11 is 0. The Hall–Kier alpha value is -1.97. The van der Waals surface area contributed by atoms with E-state index in [1.54, 1.807) is 26.0 Å². The summed E-state index contributed by atoms with van der Waals surface area (Å²) in [6, 6.07) is 9.20. The van der Waals surface area contributed by atoms with E-state index in [0.29, 0.717) is 11.4 Å². The Morgan fingerprint density at radius 2 is 1.94 bits per heavy atom. The Balaban J connectivity index is 2.43. The van der Waals surface area contributed by atoms with Crippen LogP contribution < -0.4 is 15.6 Å². The molecule has 0 heterocycles. The van der Waals surface area contributed by atoms with Crippen LogP contribution >= 0.6 is 0 Å². The van der Waals surface area contributed by atoms with E-state index in [-0.39, 0.29) is 5.91 Å². The largest absolute Gasteiger partial charge is 0.481 e. The van der Waals surface area contributed by atoms with Crippen LogP contribution in [0.2, 0.25) is 0 Å². The number of benzene rings is 1. The van der Waals surface area contributed by atoms with Crippen molar-refractivity contribution in [3.63, 3.8) is 0 Å². The monoisotopic (exact) mass is 220 g/mol. The molecule has 16 heavy (non-hydrogen) atoms. The molecule has 1 unspecified atom stereocenters. The summed E-state index contributed by atoms with van der Waals surface area (Å²) in [5, 5.41) is 0. The van der Waals surface area contributed by atoms with E-state index in [4.69, 9.17) is 4.74 Å². The lowest BCUT2D eigenvalue weighted by atomic mass is 10.3. The van der Waals surface area contributed by atoms with Crippen molar-refractivity contribution in [1.29, 1.82) is 0 Å². The SMILES string of the molecule is C=C(C)NNC(=O)C(C)Oc1ccccc1. The van der Waals surface area contributed by atoms with Crippen LogP contribution in [-0.4, -0.2) is 12.0 Å². The molecule has 2 N–H and O–H groups in total. The normalized spacial score (nSPS) is 11.4. The van der Waals surface area contributed by atoms with E-state index in [0.717, 1.165) is 0 Å². The van der Waals surface area contributed by atoms with E-state index in [2.05, 4.69) is 17.4 Å². The van der Waals surface area contributed by atoms with Gasteiger partial charge in [-0.3, -0.25) is 10.2 Å². The van der Waals surface area contributed by atoms with Crippen LogP contribution in [0.15, 0.2) is 42.6 Å². The number of allylic oxidation sites excluding steroid dienone is 1. The molecular weight excluding hydrogens is 204 g/mol. The first-order chi connectivity index (χ1) is 7.59. The number of hydrogen-bond donors (Lipinski definition) is 2. The molecule has 4 heteroatoms. The predicted molar refractivity (Wildman–Crippen MR) is 62.6 cm³/mol. The van der Waals surface area contributed by atoms with E-state index in [1.807, 2.05) is 18.2 Å². The highest BCUT2D eigenvalue weighted by Crippen LogP contribution is 2.10. The highest BCUT2D eigenvalue weighted by molar-refractivity contribution is 5.80. The molecule has 1 atom stereocenters. The van der Waals surface area contributed by atoms with Crippen molar-refractivity contribution >= 4 is 5.91 Å². The van der Waals surface area contributed by atoms with E-state index in [1.165, 1.54) is 0 Å². The second-order valence-electron chi connectivity index (χ2n) is 3.47. The summed E-state index contributed by atoms with van der Waals surface area (Å²) in [7, 11) is 0. The molecule has 0 spiro atoms. The first-order valence-electron chi connectivity index (χ1n) is 5.02. The van der Waals surface area contributed by atoms with Gasteiger partial charge >= 0.3 is 0 Å². The maximum atomic E-state index is 11.5. The van der Waals surface area contributed by atoms with Gasteiger partial charge in [0.05, 0.1) is 0 Å². The molecule has 1 rings (SSSR count). The number of hydrazine groups is 1. The van der Waals surface area contributed by atoms with Gasteiger partial charge in [0.25, 0.3) is 5.91 Å². The zero-order valence-corrected chi connectivity index (χ0v) is 9.49. The number of amides is 1. The molecule has 0 fully saturated rings. The quantitative estimate of drug-likeness (QED) is 0.741. The molecule has 1 amide bonds. The van der Waals surface area contributed by atoms with Gasteiger partial charge in [-0.2, -0.15) is 0 Å². The van der Waals surface area contributed by atoms with Crippen LogP contribution in [0.3, 0.4) is 0 Å². The third-order valence-electron chi connectivity index (χ3n) is 1.82. The second-order valence-corrected chi connectivity index (χ2v) is 3.47. The van der Waals surface area contributed by atoms with Crippen molar-refractivity contribution < 1.29 is 9.53 Å². The zero-order valence-electron chi connectivity index (χ0n) is 9.49. The molecule has 4 nitrogen and oxygen atoms in total.